The van der Waals surface area contributed by atoms with Crippen molar-refractivity contribution < 1.29 is 19.1 Å². The van der Waals surface area contributed by atoms with Crippen molar-refractivity contribution in [3.63, 3.8) is 0 Å². The third kappa shape index (κ3) is 4.03. The molecule has 3 rings (SSSR count). The van der Waals surface area contributed by atoms with E-state index in [-0.39, 0.29) is 11.9 Å². The molecule has 0 spiro atoms. The van der Waals surface area contributed by atoms with Crippen molar-refractivity contribution in [1.82, 2.24) is 15.1 Å². The van der Waals surface area contributed by atoms with Gasteiger partial charge in [0, 0.05) is 37.8 Å². The molecule has 0 aromatic heterocycles. The van der Waals surface area contributed by atoms with Crippen LogP contribution in [0, 0.1) is 0 Å². The van der Waals surface area contributed by atoms with Gasteiger partial charge in [0.05, 0.1) is 14.2 Å². The summed E-state index contributed by atoms with van der Waals surface area (Å²) in [7, 11) is 3.11. The minimum Gasteiger partial charge on any atom is -0.493 e. The zero-order valence-corrected chi connectivity index (χ0v) is 15.5. The Hall–Kier alpha value is -2.44. The van der Waals surface area contributed by atoms with Gasteiger partial charge in [-0.25, -0.2) is 4.79 Å². The maximum Gasteiger partial charge on any atom is 0.317 e. The van der Waals surface area contributed by atoms with E-state index in [4.69, 9.17) is 9.47 Å². The van der Waals surface area contributed by atoms with Gasteiger partial charge < -0.3 is 24.6 Å². The fourth-order valence-corrected chi connectivity index (χ4v) is 3.60. The molecule has 1 aliphatic heterocycles. The van der Waals surface area contributed by atoms with Crippen LogP contribution < -0.4 is 14.8 Å². The Balaban J connectivity index is 1.55. The van der Waals surface area contributed by atoms with Crippen LogP contribution in [0.25, 0.3) is 0 Å². The molecule has 0 atom stereocenters. The van der Waals surface area contributed by atoms with Crippen LogP contribution in [-0.2, 0) is 0 Å². The SMILES string of the molecule is COc1ccc(C(=O)N2CCN(C(=O)NC3CCCC3)CC2)cc1OC. The van der Waals surface area contributed by atoms with E-state index in [9.17, 15) is 9.59 Å². The topological polar surface area (TPSA) is 71.1 Å². The number of carbonyl (C=O) groups excluding carboxylic acids is 2. The first-order valence-electron chi connectivity index (χ1n) is 9.19. The van der Waals surface area contributed by atoms with Gasteiger partial charge in [0.1, 0.15) is 0 Å². The van der Waals surface area contributed by atoms with Gasteiger partial charge >= 0.3 is 6.03 Å². The molecule has 0 unspecified atom stereocenters. The summed E-state index contributed by atoms with van der Waals surface area (Å²) in [6, 6.07) is 5.48. The highest BCUT2D eigenvalue weighted by molar-refractivity contribution is 5.95. The second-order valence-corrected chi connectivity index (χ2v) is 6.78. The fraction of sp³-hybridized carbons (Fsp3) is 0.579. The van der Waals surface area contributed by atoms with Crippen molar-refractivity contribution >= 4 is 11.9 Å². The van der Waals surface area contributed by atoms with E-state index in [0.717, 1.165) is 12.8 Å². The summed E-state index contributed by atoms with van der Waals surface area (Å²) in [5.41, 5.74) is 0.562. The molecule has 142 valence electrons. The van der Waals surface area contributed by atoms with Crippen LogP contribution in [0.4, 0.5) is 4.79 Å². The van der Waals surface area contributed by atoms with Crippen molar-refractivity contribution in [1.29, 1.82) is 0 Å². The molecule has 2 aliphatic rings. The normalized spacial score (nSPS) is 17.9. The summed E-state index contributed by atoms with van der Waals surface area (Å²) in [6.07, 6.45) is 4.53. The number of hydrogen-bond acceptors (Lipinski definition) is 4. The van der Waals surface area contributed by atoms with Crippen LogP contribution in [0.2, 0.25) is 0 Å². The Morgan fingerprint density at radius 1 is 0.962 bits per heavy atom. The Morgan fingerprint density at radius 2 is 1.58 bits per heavy atom. The van der Waals surface area contributed by atoms with Gasteiger partial charge in [-0.15, -0.1) is 0 Å². The molecule has 1 saturated heterocycles. The van der Waals surface area contributed by atoms with Crippen molar-refractivity contribution in [3.8, 4) is 11.5 Å². The molecule has 1 heterocycles. The highest BCUT2D eigenvalue weighted by Gasteiger charge is 2.27. The lowest BCUT2D eigenvalue weighted by Crippen LogP contribution is -2.54. The first-order chi connectivity index (χ1) is 12.6. The van der Waals surface area contributed by atoms with Crippen LogP contribution in [0.5, 0.6) is 11.5 Å². The van der Waals surface area contributed by atoms with Gasteiger partial charge in [-0.1, -0.05) is 12.8 Å². The van der Waals surface area contributed by atoms with E-state index in [1.54, 1.807) is 42.2 Å². The molecule has 0 radical (unpaired) electrons. The summed E-state index contributed by atoms with van der Waals surface area (Å²) in [5.74, 6) is 1.08. The minimum absolute atomic E-state index is 0.00452. The molecule has 1 aromatic carbocycles. The van der Waals surface area contributed by atoms with Crippen molar-refractivity contribution in [2.24, 2.45) is 0 Å². The van der Waals surface area contributed by atoms with Crippen molar-refractivity contribution in [2.75, 3.05) is 40.4 Å². The van der Waals surface area contributed by atoms with Crippen molar-refractivity contribution in [3.05, 3.63) is 23.8 Å². The predicted octanol–water partition coefficient (Wildman–Crippen LogP) is 2.11. The number of nitrogens with one attached hydrogen (secondary N) is 1. The van der Waals surface area contributed by atoms with E-state index in [2.05, 4.69) is 5.32 Å². The second-order valence-electron chi connectivity index (χ2n) is 6.78. The van der Waals surface area contributed by atoms with Gasteiger partial charge in [-0.05, 0) is 31.0 Å². The van der Waals surface area contributed by atoms with Crippen molar-refractivity contribution in [2.45, 2.75) is 31.7 Å². The van der Waals surface area contributed by atoms with Crippen LogP contribution in [0.1, 0.15) is 36.0 Å². The van der Waals surface area contributed by atoms with Gasteiger partial charge in [0.2, 0.25) is 0 Å². The number of hydrogen-bond donors (Lipinski definition) is 1. The molecule has 1 aromatic rings. The Kier molecular flexibility index (Phi) is 5.85. The number of urea groups is 1. The molecular weight excluding hydrogens is 334 g/mol. The summed E-state index contributed by atoms with van der Waals surface area (Å²) >= 11 is 0. The first kappa shape index (κ1) is 18.4. The Morgan fingerprint density at radius 3 is 2.19 bits per heavy atom. The summed E-state index contributed by atoms with van der Waals surface area (Å²) in [5, 5.41) is 3.11. The van der Waals surface area contributed by atoms with E-state index in [0.29, 0.717) is 49.3 Å². The standard InChI is InChI=1S/C19H27N3O4/c1-25-16-8-7-14(13-17(16)26-2)18(23)21-9-11-22(12-10-21)19(24)20-15-5-3-4-6-15/h7-8,13,15H,3-6,9-12H2,1-2H3,(H,20,24). The average Bonchev–Trinajstić information content (AvgIpc) is 3.20. The molecule has 1 aliphatic carbocycles. The summed E-state index contributed by atoms with van der Waals surface area (Å²) < 4.78 is 10.5. The zero-order valence-electron chi connectivity index (χ0n) is 15.5. The number of ether oxygens (including phenoxy) is 2. The van der Waals surface area contributed by atoms with E-state index in [1.165, 1.54) is 12.8 Å². The first-order valence-corrected chi connectivity index (χ1v) is 9.19. The molecule has 1 N–H and O–H groups in total. The highest BCUT2D eigenvalue weighted by atomic mass is 16.5. The summed E-state index contributed by atoms with van der Waals surface area (Å²) in [6.45, 7) is 2.17. The van der Waals surface area contributed by atoms with Crippen LogP contribution in [0.15, 0.2) is 18.2 Å². The van der Waals surface area contributed by atoms with E-state index < -0.39 is 0 Å². The van der Waals surface area contributed by atoms with Crippen LogP contribution >= 0.6 is 0 Å². The predicted molar refractivity (Wildman–Crippen MR) is 97.8 cm³/mol. The van der Waals surface area contributed by atoms with E-state index >= 15 is 0 Å². The molecule has 26 heavy (non-hydrogen) atoms. The Labute approximate surface area is 154 Å². The smallest absolute Gasteiger partial charge is 0.317 e. The Bertz CT molecular complexity index is 650. The monoisotopic (exact) mass is 361 g/mol. The lowest BCUT2D eigenvalue weighted by molar-refractivity contribution is 0.0663. The molecule has 0 bridgehead atoms. The lowest BCUT2D eigenvalue weighted by Gasteiger charge is -2.35. The van der Waals surface area contributed by atoms with Crippen LogP contribution in [-0.4, -0.2) is 68.2 Å². The number of amides is 3. The maximum atomic E-state index is 12.7. The molecule has 1 saturated carbocycles. The minimum atomic E-state index is -0.0539. The highest BCUT2D eigenvalue weighted by Crippen LogP contribution is 2.28. The number of rotatable bonds is 4. The van der Waals surface area contributed by atoms with Gasteiger partial charge in [0.25, 0.3) is 5.91 Å². The number of nitrogens with zero attached hydrogens (tertiary/aromatic N) is 2. The molecule has 7 heteroatoms. The second kappa shape index (κ2) is 8.29. The lowest BCUT2D eigenvalue weighted by atomic mass is 10.1. The van der Waals surface area contributed by atoms with E-state index in [1.807, 2.05) is 0 Å². The number of benzene rings is 1. The summed E-state index contributed by atoms with van der Waals surface area (Å²) in [4.78, 5) is 28.6. The third-order valence-corrected chi connectivity index (χ3v) is 5.17. The van der Waals surface area contributed by atoms with Gasteiger partial charge in [0.15, 0.2) is 11.5 Å². The van der Waals surface area contributed by atoms with Gasteiger partial charge in [-0.3, -0.25) is 4.79 Å². The largest absolute Gasteiger partial charge is 0.493 e. The number of methoxy groups -OCH3 is 2. The zero-order chi connectivity index (χ0) is 18.5. The number of piperazine rings is 1. The molecular formula is C19H27N3O4. The van der Waals surface area contributed by atoms with Gasteiger partial charge in [-0.2, -0.15) is 0 Å². The molecule has 3 amide bonds. The average molecular weight is 361 g/mol. The fourth-order valence-electron chi connectivity index (χ4n) is 3.60. The molecule has 7 nitrogen and oxygen atoms in total. The third-order valence-electron chi connectivity index (χ3n) is 5.17. The maximum absolute atomic E-state index is 12.7. The quantitative estimate of drug-likeness (QED) is 0.892. The molecule has 2 fully saturated rings. The number of carbonyl (C=O) groups is 2. The van der Waals surface area contributed by atoms with Crippen LogP contribution in [0.3, 0.4) is 0 Å².